The fourth-order valence-electron chi connectivity index (χ4n) is 1.17. The van der Waals surface area contributed by atoms with Crippen LogP contribution in [0.2, 0.25) is 0 Å². The van der Waals surface area contributed by atoms with Gasteiger partial charge in [0, 0.05) is 6.54 Å². The Morgan fingerprint density at radius 1 is 1.33 bits per heavy atom. The second kappa shape index (κ2) is 4.56. The largest absolute Gasteiger partial charge is 0.366 e. The Hall–Kier alpha value is -1.88. The number of carbonyl (C=O) groups is 2. The van der Waals surface area contributed by atoms with Crippen LogP contribution in [0.1, 0.15) is 27.6 Å². The lowest BCUT2D eigenvalue weighted by atomic mass is 10.1. The number of nitrogens with two attached hydrogens (primary N) is 1. The van der Waals surface area contributed by atoms with Crippen molar-refractivity contribution in [3.63, 3.8) is 0 Å². The van der Waals surface area contributed by atoms with Crippen molar-refractivity contribution in [3.05, 3.63) is 35.4 Å². The molecule has 0 aliphatic heterocycles. The van der Waals surface area contributed by atoms with Crippen molar-refractivity contribution < 1.29 is 14.8 Å². The lowest BCUT2D eigenvalue weighted by Crippen LogP contribution is -2.29. The van der Waals surface area contributed by atoms with Crippen molar-refractivity contribution in [2.45, 2.75) is 6.92 Å². The maximum atomic E-state index is 11.6. The van der Waals surface area contributed by atoms with Crippen LogP contribution < -0.4 is 5.73 Å². The van der Waals surface area contributed by atoms with Crippen molar-refractivity contribution in [3.8, 4) is 0 Å². The van der Waals surface area contributed by atoms with E-state index in [1.54, 1.807) is 19.1 Å². The number of hydroxylamine groups is 2. The normalized spacial score (nSPS) is 9.73. The van der Waals surface area contributed by atoms with Crippen molar-refractivity contribution in [1.29, 1.82) is 0 Å². The third-order valence-corrected chi connectivity index (χ3v) is 1.96. The highest BCUT2D eigenvalue weighted by atomic mass is 16.5. The van der Waals surface area contributed by atoms with E-state index in [4.69, 9.17) is 5.73 Å². The van der Waals surface area contributed by atoms with Gasteiger partial charge in [0.1, 0.15) is 0 Å². The second-order valence-electron chi connectivity index (χ2n) is 2.93. The summed E-state index contributed by atoms with van der Waals surface area (Å²) in [5, 5.41) is 9.75. The number of benzene rings is 1. The Labute approximate surface area is 87.1 Å². The highest BCUT2D eigenvalue weighted by molar-refractivity contribution is 6.06. The van der Waals surface area contributed by atoms with Gasteiger partial charge in [0.25, 0.3) is 5.91 Å². The topological polar surface area (TPSA) is 83.6 Å². The van der Waals surface area contributed by atoms with E-state index >= 15 is 0 Å². The van der Waals surface area contributed by atoms with Gasteiger partial charge in [0.15, 0.2) is 0 Å². The number of primary amides is 1. The minimum Gasteiger partial charge on any atom is -0.366 e. The Balaban J connectivity index is 3.13. The molecule has 0 saturated heterocycles. The maximum Gasteiger partial charge on any atom is 0.278 e. The first kappa shape index (κ1) is 11.2. The molecule has 80 valence electrons. The van der Waals surface area contributed by atoms with Crippen LogP contribution in [0.15, 0.2) is 24.3 Å². The van der Waals surface area contributed by atoms with Crippen LogP contribution >= 0.6 is 0 Å². The molecule has 15 heavy (non-hydrogen) atoms. The molecule has 0 saturated carbocycles. The zero-order chi connectivity index (χ0) is 11.4. The summed E-state index contributed by atoms with van der Waals surface area (Å²) in [6.07, 6.45) is 0. The molecule has 0 bridgehead atoms. The van der Waals surface area contributed by atoms with E-state index in [0.29, 0.717) is 5.06 Å². The first-order valence-corrected chi connectivity index (χ1v) is 4.47. The van der Waals surface area contributed by atoms with E-state index in [9.17, 15) is 14.8 Å². The molecule has 2 amide bonds. The SMILES string of the molecule is CCN(O)C(=O)c1ccccc1C(N)=O. The van der Waals surface area contributed by atoms with Crippen molar-refractivity contribution in [2.24, 2.45) is 5.73 Å². The molecule has 5 heteroatoms. The van der Waals surface area contributed by atoms with Gasteiger partial charge in [-0.2, -0.15) is 0 Å². The summed E-state index contributed by atoms with van der Waals surface area (Å²) in [4.78, 5) is 22.6. The van der Waals surface area contributed by atoms with Gasteiger partial charge in [0.05, 0.1) is 11.1 Å². The smallest absolute Gasteiger partial charge is 0.278 e. The molecule has 0 aliphatic carbocycles. The summed E-state index contributed by atoms with van der Waals surface area (Å²) in [7, 11) is 0. The number of carbonyl (C=O) groups excluding carboxylic acids is 2. The van der Waals surface area contributed by atoms with Crippen molar-refractivity contribution >= 4 is 11.8 Å². The van der Waals surface area contributed by atoms with Gasteiger partial charge in [-0.25, -0.2) is 5.06 Å². The summed E-state index contributed by atoms with van der Waals surface area (Å²) >= 11 is 0. The van der Waals surface area contributed by atoms with Crippen LogP contribution in [-0.2, 0) is 0 Å². The van der Waals surface area contributed by atoms with Gasteiger partial charge in [-0.15, -0.1) is 0 Å². The van der Waals surface area contributed by atoms with Crippen molar-refractivity contribution in [2.75, 3.05) is 6.54 Å². The molecule has 0 heterocycles. The summed E-state index contributed by atoms with van der Waals surface area (Å²) in [6, 6.07) is 6.09. The van der Waals surface area contributed by atoms with Crippen LogP contribution in [0.3, 0.4) is 0 Å². The van der Waals surface area contributed by atoms with Crippen LogP contribution in [0, 0.1) is 0 Å². The molecular weight excluding hydrogens is 196 g/mol. The summed E-state index contributed by atoms with van der Waals surface area (Å²) < 4.78 is 0. The van der Waals surface area contributed by atoms with Gasteiger partial charge < -0.3 is 5.73 Å². The van der Waals surface area contributed by atoms with Gasteiger partial charge >= 0.3 is 0 Å². The lowest BCUT2D eigenvalue weighted by Gasteiger charge is -2.13. The number of rotatable bonds is 3. The molecule has 0 aromatic heterocycles. The molecule has 0 unspecified atom stereocenters. The maximum absolute atomic E-state index is 11.6. The molecule has 0 radical (unpaired) electrons. The van der Waals surface area contributed by atoms with E-state index in [1.165, 1.54) is 12.1 Å². The Kier molecular flexibility index (Phi) is 3.41. The lowest BCUT2D eigenvalue weighted by molar-refractivity contribution is -0.0542. The molecule has 1 rings (SSSR count). The third kappa shape index (κ3) is 2.32. The molecule has 1 aromatic rings. The summed E-state index contributed by atoms with van der Waals surface area (Å²) in [5.74, 6) is -1.32. The quantitative estimate of drug-likeness (QED) is 0.564. The number of hydrogen-bond donors (Lipinski definition) is 2. The molecule has 3 N–H and O–H groups in total. The minimum atomic E-state index is -0.691. The fraction of sp³-hybridized carbons (Fsp3) is 0.200. The monoisotopic (exact) mass is 208 g/mol. The van der Waals surface area contributed by atoms with Gasteiger partial charge in [-0.3, -0.25) is 14.8 Å². The van der Waals surface area contributed by atoms with Gasteiger partial charge in [-0.1, -0.05) is 12.1 Å². The zero-order valence-corrected chi connectivity index (χ0v) is 8.30. The first-order chi connectivity index (χ1) is 7.07. The molecule has 0 atom stereocenters. The van der Waals surface area contributed by atoms with Crippen LogP contribution in [-0.4, -0.2) is 28.6 Å². The number of nitrogens with zero attached hydrogens (tertiary/aromatic N) is 1. The van der Waals surface area contributed by atoms with Crippen molar-refractivity contribution in [1.82, 2.24) is 5.06 Å². The Bertz CT molecular complexity index is 390. The fourth-order valence-corrected chi connectivity index (χ4v) is 1.17. The standard InChI is InChI=1S/C10H12N2O3/c1-2-12(15)10(14)8-6-4-3-5-7(8)9(11)13/h3-6,15H,2H2,1H3,(H2,11,13). The van der Waals surface area contributed by atoms with Crippen LogP contribution in [0.5, 0.6) is 0 Å². The Morgan fingerprint density at radius 3 is 2.33 bits per heavy atom. The van der Waals surface area contributed by atoms with Gasteiger partial charge in [0.2, 0.25) is 5.91 Å². The van der Waals surface area contributed by atoms with Crippen LogP contribution in [0.25, 0.3) is 0 Å². The highest BCUT2D eigenvalue weighted by Gasteiger charge is 2.17. The molecule has 0 spiro atoms. The minimum absolute atomic E-state index is 0.106. The predicted molar refractivity (Wildman–Crippen MR) is 53.5 cm³/mol. The average molecular weight is 208 g/mol. The molecule has 0 fully saturated rings. The summed E-state index contributed by atoms with van der Waals surface area (Å²) in [6.45, 7) is 1.76. The highest BCUT2D eigenvalue weighted by Crippen LogP contribution is 2.10. The van der Waals surface area contributed by atoms with E-state index in [0.717, 1.165) is 0 Å². The van der Waals surface area contributed by atoms with E-state index in [-0.39, 0.29) is 17.7 Å². The Morgan fingerprint density at radius 2 is 1.87 bits per heavy atom. The molecular formula is C10H12N2O3. The summed E-state index contributed by atoms with van der Waals surface area (Å²) in [5.41, 5.74) is 5.32. The first-order valence-electron chi connectivity index (χ1n) is 4.47. The average Bonchev–Trinajstić information content (AvgIpc) is 2.27. The second-order valence-corrected chi connectivity index (χ2v) is 2.93. The van der Waals surface area contributed by atoms with Crippen LogP contribution in [0.4, 0.5) is 0 Å². The third-order valence-electron chi connectivity index (χ3n) is 1.96. The van der Waals surface area contributed by atoms with E-state index < -0.39 is 11.8 Å². The number of hydrogen-bond acceptors (Lipinski definition) is 3. The zero-order valence-electron chi connectivity index (χ0n) is 8.30. The molecule has 0 aliphatic rings. The van der Waals surface area contributed by atoms with E-state index in [1.807, 2.05) is 0 Å². The molecule has 5 nitrogen and oxygen atoms in total. The number of amides is 2. The predicted octanol–water partition coefficient (Wildman–Crippen LogP) is 0.637. The van der Waals surface area contributed by atoms with Gasteiger partial charge in [-0.05, 0) is 19.1 Å². The molecule has 1 aromatic carbocycles. The van der Waals surface area contributed by atoms with E-state index in [2.05, 4.69) is 0 Å².